The predicted octanol–water partition coefficient (Wildman–Crippen LogP) is 0.742. The van der Waals surface area contributed by atoms with E-state index in [-0.39, 0.29) is 6.10 Å². The van der Waals surface area contributed by atoms with E-state index in [1.165, 1.54) is 6.42 Å². The maximum atomic E-state index is 9.42. The normalized spacial score (nSPS) is 41.7. The molecule has 0 aromatic heterocycles. The van der Waals surface area contributed by atoms with Crippen LogP contribution in [0, 0.1) is 11.8 Å². The van der Waals surface area contributed by atoms with E-state index in [1.807, 2.05) is 0 Å². The van der Waals surface area contributed by atoms with Gasteiger partial charge in [0.05, 0.1) is 6.10 Å². The van der Waals surface area contributed by atoms with Crippen molar-refractivity contribution in [1.29, 1.82) is 0 Å². The van der Waals surface area contributed by atoms with Crippen molar-refractivity contribution in [3.05, 3.63) is 0 Å². The monoisotopic (exact) mass is 143 g/mol. The Morgan fingerprint density at radius 2 is 2.20 bits per heavy atom. The second kappa shape index (κ2) is 3.35. The van der Waals surface area contributed by atoms with Crippen molar-refractivity contribution < 1.29 is 5.11 Å². The Bertz CT molecular complexity index is 105. The molecule has 2 nitrogen and oxygen atoms in total. The third-order valence-electron chi connectivity index (χ3n) is 2.60. The molecule has 0 amide bonds. The summed E-state index contributed by atoms with van der Waals surface area (Å²) >= 11 is 0. The molecule has 3 unspecified atom stereocenters. The fraction of sp³-hybridized carbons (Fsp3) is 1.00. The van der Waals surface area contributed by atoms with E-state index in [0.29, 0.717) is 11.8 Å². The molecule has 1 aliphatic carbocycles. The number of aliphatic hydroxyl groups excluding tert-OH is 1. The van der Waals surface area contributed by atoms with Crippen LogP contribution in [0.4, 0.5) is 0 Å². The minimum absolute atomic E-state index is 0.0951. The third-order valence-corrected chi connectivity index (χ3v) is 2.60. The zero-order chi connectivity index (χ0) is 7.56. The fourth-order valence-corrected chi connectivity index (χ4v) is 1.60. The highest BCUT2D eigenvalue weighted by atomic mass is 16.3. The molecule has 0 aromatic carbocycles. The molecule has 10 heavy (non-hydrogen) atoms. The largest absolute Gasteiger partial charge is 0.393 e. The van der Waals surface area contributed by atoms with E-state index < -0.39 is 0 Å². The van der Waals surface area contributed by atoms with Crippen molar-refractivity contribution in [2.24, 2.45) is 17.6 Å². The van der Waals surface area contributed by atoms with Gasteiger partial charge in [0.2, 0.25) is 0 Å². The van der Waals surface area contributed by atoms with Crippen LogP contribution in [-0.4, -0.2) is 17.8 Å². The summed E-state index contributed by atoms with van der Waals surface area (Å²) < 4.78 is 0. The maximum absolute atomic E-state index is 9.42. The Morgan fingerprint density at radius 1 is 1.50 bits per heavy atom. The molecule has 2 heteroatoms. The van der Waals surface area contributed by atoms with Crippen LogP contribution >= 0.6 is 0 Å². The van der Waals surface area contributed by atoms with Gasteiger partial charge in [-0.2, -0.15) is 0 Å². The SMILES string of the molecule is CC1CCC(CN)CC1O. The average Bonchev–Trinajstić information content (AvgIpc) is 1.95. The number of hydrogen-bond donors (Lipinski definition) is 2. The molecule has 0 bridgehead atoms. The highest BCUT2D eigenvalue weighted by molar-refractivity contribution is 4.77. The molecule has 3 N–H and O–H groups in total. The standard InChI is InChI=1S/C8H17NO/c1-6-2-3-7(5-9)4-8(6)10/h6-8,10H,2-5,9H2,1H3. The molecular formula is C8H17NO. The van der Waals surface area contributed by atoms with Crippen LogP contribution in [0.25, 0.3) is 0 Å². The highest BCUT2D eigenvalue weighted by Crippen LogP contribution is 2.27. The second-order valence-corrected chi connectivity index (χ2v) is 3.46. The van der Waals surface area contributed by atoms with Gasteiger partial charge < -0.3 is 10.8 Å². The molecule has 0 spiro atoms. The smallest absolute Gasteiger partial charge is 0.0568 e. The van der Waals surface area contributed by atoms with Gasteiger partial charge in [0.1, 0.15) is 0 Å². The molecule has 0 aliphatic heterocycles. The highest BCUT2D eigenvalue weighted by Gasteiger charge is 2.24. The van der Waals surface area contributed by atoms with Crippen molar-refractivity contribution in [2.75, 3.05) is 6.54 Å². The van der Waals surface area contributed by atoms with Gasteiger partial charge in [-0.25, -0.2) is 0 Å². The molecule has 1 saturated carbocycles. The lowest BCUT2D eigenvalue weighted by Gasteiger charge is -2.29. The van der Waals surface area contributed by atoms with Gasteiger partial charge in [-0.3, -0.25) is 0 Å². The zero-order valence-corrected chi connectivity index (χ0v) is 6.59. The van der Waals surface area contributed by atoms with Crippen molar-refractivity contribution >= 4 is 0 Å². The van der Waals surface area contributed by atoms with Gasteiger partial charge in [-0.15, -0.1) is 0 Å². The Balaban J connectivity index is 2.33. The van der Waals surface area contributed by atoms with Gasteiger partial charge in [-0.1, -0.05) is 6.92 Å². The summed E-state index contributed by atoms with van der Waals surface area (Å²) in [4.78, 5) is 0. The first-order valence-electron chi connectivity index (χ1n) is 4.12. The Labute approximate surface area is 62.4 Å². The Morgan fingerprint density at radius 3 is 2.70 bits per heavy atom. The van der Waals surface area contributed by atoms with E-state index in [4.69, 9.17) is 5.73 Å². The summed E-state index contributed by atoms with van der Waals surface area (Å²) in [5.41, 5.74) is 5.50. The maximum Gasteiger partial charge on any atom is 0.0568 e. The molecule has 1 fully saturated rings. The number of rotatable bonds is 1. The predicted molar refractivity (Wildman–Crippen MR) is 41.6 cm³/mol. The molecule has 0 saturated heterocycles. The topological polar surface area (TPSA) is 46.2 Å². The lowest BCUT2D eigenvalue weighted by molar-refractivity contribution is 0.0553. The number of aliphatic hydroxyl groups is 1. The van der Waals surface area contributed by atoms with Crippen molar-refractivity contribution in [3.8, 4) is 0 Å². The van der Waals surface area contributed by atoms with Gasteiger partial charge >= 0.3 is 0 Å². The summed E-state index contributed by atoms with van der Waals surface area (Å²) in [6.07, 6.45) is 3.16. The summed E-state index contributed by atoms with van der Waals surface area (Å²) in [6.45, 7) is 2.85. The van der Waals surface area contributed by atoms with Crippen LogP contribution in [-0.2, 0) is 0 Å². The first-order chi connectivity index (χ1) is 4.74. The second-order valence-electron chi connectivity index (χ2n) is 3.46. The summed E-state index contributed by atoms with van der Waals surface area (Å²) in [5, 5.41) is 9.42. The Hall–Kier alpha value is -0.0800. The van der Waals surface area contributed by atoms with Gasteiger partial charge in [0.25, 0.3) is 0 Å². The molecule has 1 aliphatic rings. The molecule has 0 radical (unpaired) electrons. The van der Waals surface area contributed by atoms with Gasteiger partial charge in [0, 0.05) is 0 Å². The Kier molecular flexibility index (Phi) is 2.69. The first kappa shape index (κ1) is 8.02. The summed E-state index contributed by atoms with van der Waals surface area (Å²) in [5.74, 6) is 1.06. The lowest BCUT2D eigenvalue weighted by atomic mass is 9.81. The lowest BCUT2D eigenvalue weighted by Crippen LogP contribution is -2.30. The van der Waals surface area contributed by atoms with E-state index in [2.05, 4.69) is 6.92 Å². The average molecular weight is 143 g/mol. The zero-order valence-electron chi connectivity index (χ0n) is 6.59. The van der Waals surface area contributed by atoms with Crippen molar-refractivity contribution in [2.45, 2.75) is 32.3 Å². The minimum atomic E-state index is -0.0951. The molecular weight excluding hydrogens is 126 g/mol. The molecule has 0 aromatic rings. The van der Waals surface area contributed by atoms with E-state index >= 15 is 0 Å². The molecule has 0 heterocycles. The quantitative estimate of drug-likeness (QED) is 0.568. The van der Waals surface area contributed by atoms with Crippen LogP contribution in [0.3, 0.4) is 0 Å². The van der Waals surface area contributed by atoms with Crippen LogP contribution in [0.15, 0.2) is 0 Å². The van der Waals surface area contributed by atoms with E-state index in [0.717, 1.165) is 19.4 Å². The molecule has 1 rings (SSSR count). The third kappa shape index (κ3) is 1.70. The first-order valence-corrected chi connectivity index (χ1v) is 4.12. The molecule has 60 valence electrons. The summed E-state index contributed by atoms with van der Waals surface area (Å²) in [7, 11) is 0. The number of hydrogen-bond acceptors (Lipinski definition) is 2. The van der Waals surface area contributed by atoms with Crippen LogP contribution in [0.1, 0.15) is 26.2 Å². The fourth-order valence-electron chi connectivity index (χ4n) is 1.60. The minimum Gasteiger partial charge on any atom is -0.393 e. The van der Waals surface area contributed by atoms with Gasteiger partial charge in [-0.05, 0) is 37.6 Å². The van der Waals surface area contributed by atoms with E-state index in [9.17, 15) is 5.11 Å². The van der Waals surface area contributed by atoms with Crippen LogP contribution < -0.4 is 5.73 Å². The molecule has 3 atom stereocenters. The summed E-state index contributed by atoms with van der Waals surface area (Å²) in [6, 6.07) is 0. The van der Waals surface area contributed by atoms with Crippen LogP contribution in [0.2, 0.25) is 0 Å². The van der Waals surface area contributed by atoms with Gasteiger partial charge in [0.15, 0.2) is 0 Å². The van der Waals surface area contributed by atoms with Crippen molar-refractivity contribution in [3.63, 3.8) is 0 Å². The van der Waals surface area contributed by atoms with E-state index in [1.54, 1.807) is 0 Å². The number of nitrogens with two attached hydrogens (primary N) is 1. The van der Waals surface area contributed by atoms with Crippen LogP contribution in [0.5, 0.6) is 0 Å². The van der Waals surface area contributed by atoms with Crippen molar-refractivity contribution in [1.82, 2.24) is 0 Å².